The van der Waals surface area contributed by atoms with E-state index in [9.17, 15) is 0 Å². The van der Waals surface area contributed by atoms with Crippen LogP contribution < -0.4 is 0 Å². The van der Waals surface area contributed by atoms with Crippen LogP contribution in [0, 0.1) is 23.7 Å². The van der Waals surface area contributed by atoms with E-state index in [1.54, 1.807) is 22.3 Å². The number of benzene rings is 4. The average Bonchev–Trinajstić information content (AvgIpc) is 3.66. The Morgan fingerprint density at radius 3 is 0.736 bits per heavy atom. The Bertz CT molecular complexity index is 1440. The lowest BCUT2D eigenvalue weighted by Crippen LogP contribution is -2.23. The molecule has 0 saturated carbocycles. The summed E-state index contributed by atoms with van der Waals surface area (Å²) >= 11 is 0. The largest absolute Gasteiger partial charge is 0.0805 e. The number of hydrogen-bond donors (Lipinski definition) is 0. The lowest BCUT2D eigenvalue weighted by molar-refractivity contribution is 0.437. The highest BCUT2D eigenvalue weighted by Gasteiger charge is 2.26. The average molecular weight is 711 g/mol. The Labute approximate surface area is 327 Å². The third-order valence-electron chi connectivity index (χ3n) is 9.52. The van der Waals surface area contributed by atoms with Gasteiger partial charge in [-0.25, -0.2) is 0 Å². The van der Waals surface area contributed by atoms with E-state index < -0.39 is 0 Å². The maximum absolute atomic E-state index is 2.36. The van der Waals surface area contributed by atoms with Crippen molar-refractivity contribution in [2.45, 2.75) is 115 Å². The third-order valence-corrected chi connectivity index (χ3v) is 9.52. The third kappa shape index (κ3) is 13.6. The zero-order valence-electron chi connectivity index (χ0n) is 35.7. The number of allylic oxidation sites excluding steroid dienone is 8. The number of rotatable bonds is 0. The molecule has 0 bridgehead atoms. The lowest BCUT2D eigenvalue weighted by atomic mass is 9.74. The topological polar surface area (TPSA) is 0 Å². The predicted molar refractivity (Wildman–Crippen MR) is 241 cm³/mol. The zero-order chi connectivity index (χ0) is 39.4. The summed E-state index contributed by atoms with van der Waals surface area (Å²) < 4.78 is 0. The fraction of sp³-hybridized carbons (Fsp3) is 0.396. The van der Waals surface area contributed by atoms with Gasteiger partial charge in [0, 0.05) is 0 Å². The van der Waals surface area contributed by atoms with E-state index in [4.69, 9.17) is 0 Å². The van der Waals surface area contributed by atoms with Crippen molar-refractivity contribution >= 4 is 0 Å². The molecule has 0 nitrogen and oxygen atoms in total. The molecule has 0 spiro atoms. The minimum absolute atomic E-state index is 0.745. The van der Waals surface area contributed by atoms with Crippen molar-refractivity contribution in [2.75, 3.05) is 0 Å². The number of fused-ring (bicyclic) bond motifs is 7. The molecule has 286 valence electrons. The second kappa shape index (κ2) is 28.4. The molecule has 5 aliphatic rings. The summed E-state index contributed by atoms with van der Waals surface area (Å²) in [5.41, 5.74) is 12.0. The van der Waals surface area contributed by atoms with Crippen molar-refractivity contribution in [3.63, 3.8) is 0 Å². The van der Waals surface area contributed by atoms with E-state index in [-0.39, 0.29) is 0 Å². The Kier molecular flexibility index (Phi) is 25.1. The van der Waals surface area contributed by atoms with Crippen LogP contribution in [0.25, 0.3) is 11.1 Å². The van der Waals surface area contributed by atoms with Gasteiger partial charge in [-0.1, -0.05) is 229 Å². The molecule has 5 aliphatic carbocycles. The number of hydrogen-bond acceptors (Lipinski definition) is 0. The van der Waals surface area contributed by atoms with E-state index in [1.807, 2.05) is 83.1 Å². The van der Waals surface area contributed by atoms with Crippen molar-refractivity contribution in [1.82, 2.24) is 0 Å². The van der Waals surface area contributed by atoms with Crippen molar-refractivity contribution in [3.05, 3.63) is 179 Å². The molecule has 4 aromatic carbocycles. The predicted octanol–water partition coefficient (Wildman–Crippen LogP) is 15.7. The second-order valence-corrected chi connectivity index (χ2v) is 12.0. The monoisotopic (exact) mass is 711 g/mol. The summed E-state index contributed by atoms with van der Waals surface area (Å²) in [6, 6.07) is 35.0. The van der Waals surface area contributed by atoms with Gasteiger partial charge in [0.2, 0.25) is 0 Å². The summed E-state index contributed by atoms with van der Waals surface area (Å²) in [6.45, 7) is 24.0. The van der Waals surface area contributed by atoms with Gasteiger partial charge in [0.1, 0.15) is 0 Å². The van der Waals surface area contributed by atoms with Gasteiger partial charge in [-0.3, -0.25) is 0 Å². The van der Waals surface area contributed by atoms with Crippen LogP contribution in [-0.2, 0) is 32.1 Å². The van der Waals surface area contributed by atoms with Gasteiger partial charge in [-0.15, -0.1) is 0 Å². The van der Waals surface area contributed by atoms with Crippen molar-refractivity contribution in [1.29, 1.82) is 0 Å². The molecule has 0 heteroatoms. The van der Waals surface area contributed by atoms with E-state index in [1.165, 1.54) is 47.9 Å². The molecule has 4 atom stereocenters. The maximum Gasteiger partial charge on any atom is -0.00135 e. The Hall–Kier alpha value is -4.16. The summed E-state index contributed by atoms with van der Waals surface area (Å²) in [5.74, 6) is 2.98. The highest BCUT2D eigenvalue weighted by Crippen LogP contribution is 2.36. The first-order valence-electron chi connectivity index (χ1n) is 21.3. The molecule has 0 saturated heterocycles. The highest BCUT2D eigenvalue weighted by atomic mass is 14.3. The second-order valence-electron chi connectivity index (χ2n) is 12.0. The van der Waals surface area contributed by atoms with Gasteiger partial charge in [0.05, 0.1) is 0 Å². The zero-order valence-corrected chi connectivity index (χ0v) is 35.7. The van der Waals surface area contributed by atoms with Gasteiger partial charge in [0.25, 0.3) is 0 Å². The van der Waals surface area contributed by atoms with Crippen LogP contribution in [0.4, 0.5) is 0 Å². The SMILES string of the molecule is C1=CC2Cc3ccccc3CC2C=C1.C1=CC2Cc3ccccc3CC2C=C1.CC.CC.CC.CC.CC.CC.c1ccc2c(c1)Cc1ccccc1-2. The van der Waals surface area contributed by atoms with Crippen molar-refractivity contribution in [2.24, 2.45) is 23.7 Å². The lowest BCUT2D eigenvalue weighted by Gasteiger charge is -2.30. The molecule has 0 N–H and O–H groups in total. The molecule has 0 aliphatic heterocycles. The Morgan fingerprint density at radius 2 is 0.491 bits per heavy atom. The summed E-state index contributed by atoms with van der Waals surface area (Å²) in [6.07, 6.45) is 24.2. The van der Waals surface area contributed by atoms with Crippen LogP contribution in [0.2, 0.25) is 0 Å². The highest BCUT2D eigenvalue weighted by molar-refractivity contribution is 5.76. The molecule has 4 aromatic rings. The van der Waals surface area contributed by atoms with Crippen LogP contribution in [0.5, 0.6) is 0 Å². The van der Waals surface area contributed by atoms with Gasteiger partial charge in [-0.05, 0) is 100 Å². The fourth-order valence-corrected chi connectivity index (χ4v) is 7.28. The Morgan fingerprint density at radius 1 is 0.283 bits per heavy atom. The molecule has 4 unspecified atom stereocenters. The van der Waals surface area contributed by atoms with Gasteiger partial charge in [0.15, 0.2) is 0 Å². The van der Waals surface area contributed by atoms with Gasteiger partial charge >= 0.3 is 0 Å². The molecule has 9 rings (SSSR count). The summed E-state index contributed by atoms with van der Waals surface area (Å²) in [5, 5.41) is 0. The minimum Gasteiger partial charge on any atom is -0.0805 e. The molecule has 0 radical (unpaired) electrons. The van der Waals surface area contributed by atoms with Crippen molar-refractivity contribution < 1.29 is 0 Å². The molecule has 0 fully saturated rings. The molecule has 53 heavy (non-hydrogen) atoms. The van der Waals surface area contributed by atoms with Gasteiger partial charge in [-0.2, -0.15) is 0 Å². The van der Waals surface area contributed by atoms with E-state index in [0.29, 0.717) is 0 Å². The summed E-state index contributed by atoms with van der Waals surface area (Å²) in [4.78, 5) is 0. The first kappa shape index (κ1) is 46.9. The first-order chi connectivity index (χ1) is 26.3. The van der Waals surface area contributed by atoms with E-state index in [0.717, 1.165) is 30.1 Å². The minimum atomic E-state index is 0.745. The quantitative estimate of drug-likeness (QED) is 0.150. The molecular formula is C53H74. The fourth-order valence-electron chi connectivity index (χ4n) is 7.28. The molecule has 0 amide bonds. The van der Waals surface area contributed by atoms with Crippen LogP contribution in [0.1, 0.15) is 116 Å². The Balaban J connectivity index is 0.000000348. The maximum atomic E-state index is 2.36. The standard InChI is InChI=1S/2C14H14.C13H10.6C2H6/c2*1-2-6-12-10-14-8-4-3-7-13(14)9-11(12)5-1;1-3-7-12-10(5-1)9-11-6-2-4-8-13(11)12;6*1-2/h2*1-8,11-12H,9-10H2;1-8H,9H2;6*1-2H3. The first-order valence-corrected chi connectivity index (χ1v) is 21.3. The summed E-state index contributed by atoms with van der Waals surface area (Å²) in [7, 11) is 0. The van der Waals surface area contributed by atoms with Crippen LogP contribution in [0.3, 0.4) is 0 Å². The van der Waals surface area contributed by atoms with Crippen LogP contribution >= 0.6 is 0 Å². The normalized spacial score (nSPS) is 18.6. The van der Waals surface area contributed by atoms with Crippen LogP contribution in [0.15, 0.2) is 146 Å². The van der Waals surface area contributed by atoms with Gasteiger partial charge < -0.3 is 0 Å². The van der Waals surface area contributed by atoms with E-state index in [2.05, 4.69) is 146 Å². The van der Waals surface area contributed by atoms with E-state index >= 15 is 0 Å². The smallest absolute Gasteiger partial charge is 0.00135 e. The molecule has 0 heterocycles. The molecular weight excluding hydrogens is 637 g/mol. The molecule has 0 aromatic heterocycles. The van der Waals surface area contributed by atoms with Crippen LogP contribution in [-0.4, -0.2) is 0 Å². The van der Waals surface area contributed by atoms with Crippen molar-refractivity contribution in [3.8, 4) is 11.1 Å².